The predicted octanol–water partition coefficient (Wildman–Crippen LogP) is 2.48. The third kappa shape index (κ3) is 9.06. The first kappa shape index (κ1) is 34.0. The maximum absolute atomic E-state index is 13.8. The molecule has 13 heteroatoms. The summed E-state index contributed by atoms with van der Waals surface area (Å²) in [4.78, 5) is 56.0. The molecular weight excluding hydrogens is 595 g/mol. The highest BCUT2D eigenvalue weighted by molar-refractivity contribution is 5.91. The number of carbonyl (C=O) groups is 4. The number of hydrogen-bond acceptors (Lipinski definition) is 7. The molecule has 2 aromatic carbocycles. The highest BCUT2D eigenvalue weighted by atomic mass is 19.1. The zero-order chi connectivity index (χ0) is 32.9. The summed E-state index contributed by atoms with van der Waals surface area (Å²) in [6, 6.07) is 14.0. The van der Waals surface area contributed by atoms with Gasteiger partial charge in [0.1, 0.15) is 24.6 Å². The van der Waals surface area contributed by atoms with E-state index in [0.717, 1.165) is 11.1 Å². The number of hydrogen-bond donors (Lipinski definition) is 2. The summed E-state index contributed by atoms with van der Waals surface area (Å²) < 4.78 is 24.0. The molecule has 46 heavy (non-hydrogen) atoms. The Morgan fingerprint density at radius 1 is 1.09 bits per heavy atom. The van der Waals surface area contributed by atoms with Gasteiger partial charge in [-0.25, -0.2) is 19.0 Å². The summed E-state index contributed by atoms with van der Waals surface area (Å²) in [5, 5.41) is 8.48. The summed E-state index contributed by atoms with van der Waals surface area (Å²) >= 11 is 0. The quantitative estimate of drug-likeness (QED) is 0.186. The highest BCUT2D eigenvalue weighted by Crippen LogP contribution is 2.28. The smallest absolute Gasteiger partial charge is 0.407 e. The van der Waals surface area contributed by atoms with Gasteiger partial charge in [-0.1, -0.05) is 61.0 Å². The summed E-state index contributed by atoms with van der Waals surface area (Å²) in [5.41, 5.74) is 1.67. The van der Waals surface area contributed by atoms with Crippen LogP contribution in [0.2, 0.25) is 0 Å². The highest BCUT2D eigenvalue weighted by Gasteiger charge is 2.51. The van der Waals surface area contributed by atoms with Gasteiger partial charge in [-0.2, -0.15) is 5.01 Å². The van der Waals surface area contributed by atoms with E-state index < -0.39 is 24.3 Å². The maximum Gasteiger partial charge on any atom is 0.407 e. The van der Waals surface area contributed by atoms with Crippen LogP contribution in [0.3, 0.4) is 0 Å². The maximum atomic E-state index is 13.8. The molecule has 0 aliphatic carbocycles. The number of nitrogens with one attached hydrogen (secondary N) is 2. The SMILES string of the molecule is C#CCN1CC(=O)N2[C@@H](CCCNC(=O)OCC=C)C(=O)N(CCOCc3ccc(F)cc3)C[C@@H]2N1C(=O)NCc1ccccc1. The number of carbonyl (C=O) groups excluding carboxylic acids is 4. The van der Waals surface area contributed by atoms with Crippen molar-refractivity contribution in [3.8, 4) is 12.3 Å². The minimum atomic E-state index is -0.897. The van der Waals surface area contributed by atoms with E-state index in [1.165, 1.54) is 33.1 Å². The Balaban J connectivity index is 1.51. The molecule has 0 spiro atoms. The molecule has 4 rings (SSSR count). The molecule has 2 aliphatic rings. The van der Waals surface area contributed by atoms with Crippen molar-refractivity contribution in [3.05, 3.63) is 84.2 Å². The second-order valence-corrected chi connectivity index (χ2v) is 10.7. The topological polar surface area (TPSA) is 124 Å². The van der Waals surface area contributed by atoms with Crippen LogP contribution in [-0.4, -0.2) is 102 Å². The molecule has 5 amide bonds. The summed E-state index contributed by atoms with van der Waals surface area (Å²) in [6.07, 6.45) is 6.20. The van der Waals surface area contributed by atoms with Gasteiger partial charge >= 0.3 is 12.1 Å². The zero-order valence-electron chi connectivity index (χ0n) is 25.6. The number of ether oxygens (including phenoxy) is 2. The second-order valence-electron chi connectivity index (χ2n) is 10.7. The van der Waals surface area contributed by atoms with Gasteiger partial charge in [0, 0.05) is 19.6 Å². The second kappa shape index (κ2) is 17.0. The minimum Gasteiger partial charge on any atom is -0.445 e. The van der Waals surface area contributed by atoms with Crippen molar-refractivity contribution < 1.29 is 33.0 Å². The first-order valence-corrected chi connectivity index (χ1v) is 15.0. The van der Waals surface area contributed by atoms with Crippen LogP contribution in [0.1, 0.15) is 24.0 Å². The summed E-state index contributed by atoms with van der Waals surface area (Å²) in [6.45, 7) is 4.45. The van der Waals surface area contributed by atoms with Gasteiger partial charge in [-0.05, 0) is 36.1 Å². The van der Waals surface area contributed by atoms with Crippen molar-refractivity contribution in [2.45, 2.75) is 38.2 Å². The number of nitrogens with zero attached hydrogens (tertiary/aromatic N) is 4. The molecule has 0 aromatic heterocycles. The molecule has 2 heterocycles. The fourth-order valence-corrected chi connectivity index (χ4v) is 5.39. The lowest BCUT2D eigenvalue weighted by Gasteiger charge is -2.55. The van der Waals surface area contributed by atoms with Gasteiger partial charge < -0.3 is 29.9 Å². The molecule has 2 N–H and O–H groups in total. The van der Waals surface area contributed by atoms with Crippen LogP contribution >= 0.6 is 0 Å². The number of amides is 5. The van der Waals surface area contributed by atoms with E-state index in [4.69, 9.17) is 15.9 Å². The number of fused-ring (bicyclic) bond motifs is 1. The van der Waals surface area contributed by atoms with Gasteiger partial charge in [0.15, 0.2) is 0 Å². The molecule has 0 bridgehead atoms. The number of halogens is 1. The van der Waals surface area contributed by atoms with Crippen molar-refractivity contribution in [2.75, 3.05) is 45.9 Å². The Bertz CT molecular complexity index is 1400. The predicted molar refractivity (Wildman–Crippen MR) is 167 cm³/mol. The Kier molecular flexibility index (Phi) is 12.5. The van der Waals surface area contributed by atoms with Gasteiger partial charge in [-0.3, -0.25) is 9.59 Å². The van der Waals surface area contributed by atoms with Gasteiger partial charge in [0.2, 0.25) is 11.8 Å². The fraction of sp³-hybridized carbons (Fsp3) is 0.394. The van der Waals surface area contributed by atoms with E-state index in [9.17, 15) is 23.6 Å². The Hall–Kier alpha value is -4.93. The van der Waals surface area contributed by atoms with Crippen LogP contribution in [0.15, 0.2) is 67.3 Å². The number of hydrazine groups is 1. The van der Waals surface area contributed by atoms with Crippen molar-refractivity contribution >= 4 is 23.9 Å². The molecule has 244 valence electrons. The summed E-state index contributed by atoms with van der Waals surface area (Å²) in [5.74, 6) is 1.55. The first-order valence-electron chi connectivity index (χ1n) is 15.0. The molecule has 0 unspecified atom stereocenters. The van der Waals surface area contributed by atoms with Crippen molar-refractivity contribution in [1.82, 2.24) is 30.5 Å². The average Bonchev–Trinajstić information content (AvgIpc) is 3.05. The molecule has 2 aromatic rings. The first-order chi connectivity index (χ1) is 22.3. The Labute approximate surface area is 268 Å². The third-order valence-electron chi connectivity index (χ3n) is 7.54. The molecule has 2 atom stereocenters. The largest absolute Gasteiger partial charge is 0.445 e. The van der Waals surface area contributed by atoms with E-state index in [0.29, 0.717) is 6.42 Å². The van der Waals surface area contributed by atoms with Gasteiger partial charge in [0.05, 0.1) is 32.8 Å². The van der Waals surface area contributed by atoms with Gasteiger partial charge in [-0.15, -0.1) is 6.42 Å². The Morgan fingerprint density at radius 3 is 2.57 bits per heavy atom. The molecule has 2 aliphatic heterocycles. The van der Waals surface area contributed by atoms with Crippen molar-refractivity contribution in [2.24, 2.45) is 0 Å². The molecule has 12 nitrogen and oxygen atoms in total. The monoisotopic (exact) mass is 634 g/mol. The molecule has 0 saturated carbocycles. The van der Waals surface area contributed by atoms with Crippen molar-refractivity contribution in [3.63, 3.8) is 0 Å². The normalized spacial score (nSPS) is 18.0. The van der Waals surface area contributed by atoms with Crippen LogP contribution in [0.4, 0.5) is 14.0 Å². The van der Waals surface area contributed by atoms with Crippen LogP contribution in [0, 0.1) is 18.2 Å². The molecule has 2 fully saturated rings. The van der Waals surface area contributed by atoms with Crippen LogP contribution in [-0.2, 0) is 32.2 Å². The number of terminal acetylenes is 1. The Morgan fingerprint density at radius 2 is 1.85 bits per heavy atom. The van der Waals surface area contributed by atoms with Crippen LogP contribution < -0.4 is 10.6 Å². The molecule has 0 radical (unpaired) electrons. The van der Waals surface area contributed by atoms with Crippen LogP contribution in [0.5, 0.6) is 0 Å². The lowest BCUT2D eigenvalue weighted by molar-refractivity contribution is -0.189. The number of rotatable bonds is 14. The van der Waals surface area contributed by atoms with E-state index in [1.807, 2.05) is 30.3 Å². The van der Waals surface area contributed by atoms with E-state index >= 15 is 0 Å². The average molecular weight is 635 g/mol. The van der Waals surface area contributed by atoms with Gasteiger partial charge in [0.25, 0.3) is 0 Å². The van der Waals surface area contributed by atoms with E-state index in [2.05, 4.69) is 23.1 Å². The molecular formula is C33H39FN6O6. The van der Waals surface area contributed by atoms with E-state index in [1.54, 1.807) is 17.0 Å². The number of alkyl carbamates (subject to hydrolysis) is 1. The lowest BCUT2D eigenvalue weighted by Crippen LogP contribution is -2.76. The van der Waals surface area contributed by atoms with E-state index in [-0.39, 0.29) is 83.1 Å². The lowest BCUT2D eigenvalue weighted by atomic mass is 10.0. The van der Waals surface area contributed by atoms with Crippen molar-refractivity contribution in [1.29, 1.82) is 0 Å². The number of piperazine rings is 1. The van der Waals surface area contributed by atoms with Crippen LogP contribution in [0.25, 0.3) is 0 Å². The minimum absolute atomic E-state index is 0.00493. The number of benzene rings is 2. The molecule has 2 saturated heterocycles. The number of urea groups is 1. The third-order valence-corrected chi connectivity index (χ3v) is 7.54. The fourth-order valence-electron chi connectivity index (χ4n) is 5.39. The summed E-state index contributed by atoms with van der Waals surface area (Å²) in [7, 11) is 0. The zero-order valence-corrected chi connectivity index (χ0v) is 25.6. The standard InChI is InChI=1S/C33H39FN6O6/c1-3-17-38-23-30(41)39-28(11-8-16-35-33(44)46-19-4-2)31(42)37(18-20-45-24-26-12-14-27(34)15-13-26)22-29(39)40(38)32(43)36-21-25-9-6-5-7-10-25/h1,4-7,9-10,12-15,28-29H,2,8,11,16-24H2,(H,35,44)(H,36,43)/t28-,29-/m0/s1.